The molecule has 17 heavy (non-hydrogen) atoms. The van der Waals surface area contributed by atoms with Crippen LogP contribution in [-0.2, 0) is 23.9 Å². The summed E-state index contributed by atoms with van der Waals surface area (Å²) in [6.45, 7) is -0.569. The molecule has 0 spiro atoms. The van der Waals surface area contributed by atoms with Gasteiger partial charge in [-0.05, 0) is 0 Å². The number of Topliss-reactive ketones (excluding diaryl/α,β-unsaturated/α-hetero) is 2. The summed E-state index contributed by atoms with van der Waals surface area (Å²) in [4.78, 5) is 42.9. The lowest BCUT2D eigenvalue weighted by atomic mass is 10.2. The third kappa shape index (κ3) is 9.19. The minimum absolute atomic E-state index is 0.118. The molecule has 96 valence electrons. The van der Waals surface area contributed by atoms with E-state index in [9.17, 15) is 19.2 Å². The average molecular weight is 246 g/mol. The van der Waals surface area contributed by atoms with Crippen LogP contribution >= 0.6 is 0 Å². The summed E-state index contributed by atoms with van der Waals surface area (Å²) in [6.07, 6.45) is -1.37. The third-order valence-corrected chi connectivity index (χ3v) is 1.72. The highest BCUT2D eigenvalue weighted by atomic mass is 16.5. The van der Waals surface area contributed by atoms with E-state index in [0.29, 0.717) is 0 Å². The van der Waals surface area contributed by atoms with E-state index in [2.05, 4.69) is 4.74 Å². The van der Waals surface area contributed by atoms with Crippen molar-refractivity contribution in [1.82, 2.24) is 0 Å². The maximum atomic E-state index is 11.0. The summed E-state index contributed by atoms with van der Waals surface area (Å²) < 4.78 is 4.56. The van der Waals surface area contributed by atoms with Crippen molar-refractivity contribution in [2.45, 2.75) is 25.7 Å². The lowest BCUT2D eigenvalue weighted by molar-refractivity contribution is -0.146. The standard InChI is InChI=1S/C10H14O7/c11-3-1-7(12)6-10(16)17-4-2-8(13)5-9(14)15/h11H,1-6H2,(H,14,15). The number of carboxylic acid groups (broad SMARTS) is 1. The van der Waals surface area contributed by atoms with Crippen molar-refractivity contribution in [1.29, 1.82) is 0 Å². The van der Waals surface area contributed by atoms with E-state index in [-0.39, 0.29) is 26.1 Å². The molecule has 0 unspecified atom stereocenters. The third-order valence-electron chi connectivity index (χ3n) is 1.72. The van der Waals surface area contributed by atoms with Gasteiger partial charge in [0.15, 0.2) is 0 Å². The smallest absolute Gasteiger partial charge is 0.313 e. The number of aliphatic carboxylic acids is 1. The van der Waals surface area contributed by atoms with E-state index in [0.717, 1.165) is 0 Å². The van der Waals surface area contributed by atoms with Crippen molar-refractivity contribution in [2.75, 3.05) is 13.2 Å². The average Bonchev–Trinajstić information content (AvgIpc) is 2.16. The Bertz CT molecular complexity index is 308. The molecule has 0 aromatic carbocycles. The predicted molar refractivity (Wildman–Crippen MR) is 54.2 cm³/mol. The number of hydrogen-bond donors (Lipinski definition) is 2. The first-order valence-corrected chi connectivity index (χ1v) is 4.97. The van der Waals surface area contributed by atoms with Crippen LogP contribution in [0, 0.1) is 0 Å². The van der Waals surface area contributed by atoms with Crippen molar-refractivity contribution in [2.24, 2.45) is 0 Å². The number of esters is 1. The second kappa shape index (κ2) is 8.40. The van der Waals surface area contributed by atoms with Crippen LogP contribution in [-0.4, -0.2) is 46.9 Å². The number of carboxylic acids is 1. The highest BCUT2D eigenvalue weighted by Gasteiger charge is 2.12. The maximum absolute atomic E-state index is 11.0. The molecule has 0 atom stereocenters. The molecule has 2 N–H and O–H groups in total. The molecule has 0 rings (SSSR count). The van der Waals surface area contributed by atoms with Crippen LogP contribution < -0.4 is 0 Å². The molecule has 0 heterocycles. The molecular weight excluding hydrogens is 232 g/mol. The topological polar surface area (TPSA) is 118 Å². The molecule has 0 aromatic rings. The van der Waals surface area contributed by atoms with Crippen molar-refractivity contribution < 1.29 is 34.1 Å². The second-order valence-corrected chi connectivity index (χ2v) is 3.27. The van der Waals surface area contributed by atoms with Gasteiger partial charge in [0, 0.05) is 19.4 Å². The molecule has 0 radical (unpaired) electrons. The molecule has 7 heteroatoms. The van der Waals surface area contributed by atoms with Crippen LogP contribution in [0.2, 0.25) is 0 Å². The Morgan fingerprint density at radius 2 is 1.53 bits per heavy atom. The Hall–Kier alpha value is -1.76. The zero-order chi connectivity index (χ0) is 13.3. The van der Waals surface area contributed by atoms with Crippen LogP contribution in [0.5, 0.6) is 0 Å². The van der Waals surface area contributed by atoms with Gasteiger partial charge in [0.25, 0.3) is 0 Å². The second-order valence-electron chi connectivity index (χ2n) is 3.27. The molecule has 0 aliphatic heterocycles. The van der Waals surface area contributed by atoms with Gasteiger partial charge < -0.3 is 14.9 Å². The van der Waals surface area contributed by atoms with Crippen molar-refractivity contribution in [3.05, 3.63) is 0 Å². The Balaban J connectivity index is 3.67. The molecule has 7 nitrogen and oxygen atoms in total. The van der Waals surface area contributed by atoms with Gasteiger partial charge in [-0.25, -0.2) is 0 Å². The minimum Gasteiger partial charge on any atom is -0.481 e. The number of aliphatic hydroxyl groups is 1. The van der Waals surface area contributed by atoms with Gasteiger partial charge in [-0.15, -0.1) is 0 Å². The highest BCUT2D eigenvalue weighted by molar-refractivity contribution is 5.96. The Morgan fingerprint density at radius 3 is 2.06 bits per heavy atom. The monoisotopic (exact) mass is 246 g/mol. The number of aliphatic hydroxyl groups excluding tert-OH is 1. The quantitative estimate of drug-likeness (QED) is 0.408. The molecule has 0 aliphatic carbocycles. The number of hydrogen-bond acceptors (Lipinski definition) is 6. The van der Waals surface area contributed by atoms with Gasteiger partial charge in [-0.1, -0.05) is 0 Å². The van der Waals surface area contributed by atoms with Gasteiger partial charge in [0.1, 0.15) is 24.4 Å². The van der Waals surface area contributed by atoms with Gasteiger partial charge in [0.2, 0.25) is 0 Å². The Morgan fingerprint density at radius 1 is 0.941 bits per heavy atom. The molecule has 0 aromatic heterocycles. The summed E-state index contributed by atoms with van der Waals surface area (Å²) in [5.41, 5.74) is 0. The molecule has 0 amide bonds. The largest absolute Gasteiger partial charge is 0.481 e. The normalized spacial score (nSPS) is 9.71. The van der Waals surface area contributed by atoms with Gasteiger partial charge in [-0.3, -0.25) is 19.2 Å². The number of carbonyl (C=O) groups excluding carboxylic acids is 3. The Kier molecular flexibility index (Phi) is 7.53. The van der Waals surface area contributed by atoms with Crippen LogP contribution in [0.4, 0.5) is 0 Å². The van der Waals surface area contributed by atoms with Crippen molar-refractivity contribution in [3.63, 3.8) is 0 Å². The number of ether oxygens (including phenoxy) is 1. The molecule has 0 aliphatic rings. The summed E-state index contributed by atoms with van der Waals surface area (Å²) in [6, 6.07) is 0. The van der Waals surface area contributed by atoms with Crippen LogP contribution in [0.1, 0.15) is 25.7 Å². The van der Waals surface area contributed by atoms with E-state index in [1.807, 2.05) is 0 Å². The molecular formula is C10H14O7. The lowest BCUT2D eigenvalue weighted by Gasteiger charge is -2.02. The first kappa shape index (κ1) is 15.2. The van der Waals surface area contributed by atoms with Gasteiger partial charge in [0.05, 0.1) is 6.61 Å². The van der Waals surface area contributed by atoms with Gasteiger partial charge in [-0.2, -0.15) is 0 Å². The summed E-state index contributed by atoms with van der Waals surface area (Å²) in [7, 11) is 0. The molecule has 0 saturated carbocycles. The van der Waals surface area contributed by atoms with Crippen molar-refractivity contribution in [3.8, 4) is 0 Å². The summed E-state index contributed by atoms with van der Waals surface area (Å²) in [5.74, 6) is -3.02. The summed E-state index contributed by atoms with van der Waals surface area (Å²) in [5, 5.41) is 16.7. The van der Waals surface area contributed by atoms with Crippen LogP contribution in [0.3, 0.4) is 0 Å². The molecule has 0 saturated heterocycles. The zero-order valence-electron chi connectivity index (χ0n) is 9.18. The van der Waals surface area contributed by atoms with E-state index in [4.69, 9.17) is 10.2 Å². The number of ketones is 2. The summed E-state index contributed by atoms with van der Waals surface area (Å²) >= 11 is 0. The van der Waals surface area contributed by atoms with Crippen LogP contribution in [0.15, 0.2) is 0 Å². The van der Waals surface area contributed by atoms with E-state index < -0.39 is 36.3 Å². The zero-order valence-corrected chi connectivity index (χ0v) is 9.18. The minimum atomic E-state index is -1.24. The van der Waals surface area contributed by atoms with Gasteiger partial charge >= 0.3 is 11.9 Å². The first-order chi connectivity index (χ1) is 7.95. The molecule has 0 bridgehead atoms. The fourth-order valence-electron chi connectivity index (χ4n) is 0.961. The highest BCUT2D eigenvalue weighted by Crippen LogP contribution is 1.96. The SMILES string of the molecule is O=C(O)CC(=O)CCOC(=O)CC(=O)CCO. The number of rotatable bonds is 9. The fourth-order valence-corrected chi connectivity index (χ4v) is 0.961. The Labute approximate surface area is 97.4 Å². The van der Waals surface area contributed by atoms with E-state index in [1.165, 1.54) is 0 Å². The fraction of sp³-hybridized carbons (Fsp3) is 0.600. The maximum Gasteiger partial charge on any atom is 0.313 e. The van der Waals surface area contributed by atoms with E-state index >= 15 is 0 Å². The first-order valence-electron chi connectivity index (χ1n) is 4.97. The van der Waals surface area contributed by atoms with Crippen LogP contribution in [0.25, 0.3) is 0 Å². The predicted octanol–water partition coefficient (Wildman–Crippen LogP) is -0.695. The number of carbonyl (C=O) groups is 4. The van der Waals surface area contributed by atoms with E-state index in [1.54, 1.807) is 0 Å². The van der Waals surface area contributed by atoms with Crippen molar-refractivity contribution >= 4 is 23.5 Å². The molecule has 0 fully saturated rings. The lowest BCUT2D eigenvalue weighted by Crippen LogP contribution is -2.15.